The van der Waals surface area contributed by atoms with Crippen LogP contribution in [0, 0.1) is 11.8 Å². The normalized spacial score (nSPS) is 33.5. The van der Waals surface area contributed by atoms with E-state index >= 15 is 0 Å². The van der Waals surface area contributed by atoms with E-state index in [9.17, 15) is 19.5 Å². The number of hydrogen-bond acceptors (Lipinski definition) is 6. The van der Waals surface area contributed by atoms with Gasteiger partial charge in [-0.3, -0.25) is 14.4 Å². The van der Waals surface area contributed by atoms with Gasteiger partial charge in [-0.1, -0.05) is 28.1 Å². The van der Waals surface area contributed by atoms with Crippen molar-refractivity contribution in [2.75, 3.05) is 26.3 Å². The number of amides is 2. The second-order valence-corrected chi connectivity index (χ2v) is 11.3. The molecule has 6 atom stereocenters. The highest BCUT2D eigenvalue weighted by Gasteiger charge is 2.76. The average molecular weight is 515 g/mol. The number of aliphatic hydroxyl groups excluding tert-OH is 1. The van der Waals surface area contributed by atoms with Gasteiger partial charge >= 0.3 is 5.97 Å². The minimum atomic E-state index is -0.736. The predicted octanol–water partition coefficient (Wildman–Crippen LogP) is 1.99. The number of fused-ring (bicyclic) bond motifs is 1. The quantitative estimate of drug-likeness (QED) is 0.207. The van der Waals surface area contributed by atoms with E-state index in [1.54, 1.807) is 28.8 Å². The number of alkyl halides is 1. The molecule has 1 N–H and O–H groups in total. The van der Waals surface area contributed by atoms with Gasteiger partial charge in [0.25, 0.3) is 0 Å². The second kappa shape index (κ2) is 9.67. The zero-order valence-electron chi connectivity index (χ0n) is 18.0. The van der Waals surface area contributed by atoms with E-state index in [1.807, 2.05) is 13.8 Å². The number of carbonyl (C=O) groups excluding carboxylic acids is 3. The summed E-state index contributed by atoms with van der Waals surface area (Å²) in [4.78, 5) is 43.5. The minimum absolute atomic E-state index is 0.00483. The Balaban J connectivity index is 2.00. The Kier molecular flexibility index (Phi) is 7.58. The number of rotatable bonds is 10. The lowest BCUT2D eigenvalue weighted by molar-refractivity contribution is -0.154. The number of β-amino-alcohol motifs (C(OH)–C–C–N with tert-alkyl or cyclic N) is 1. The summed E-state index contributed by atoms with van der Waals surface area (Å²) in [7, 11) is 0. The molecule has 0 radical (unpaired) electrons. The van der Waals surface area contributed by atoms with Crippen LogP contribution in [-0.4, -0.2) is 85.9 Å². The van der Waals surface area contributed by atoms with Crippen LogP contribution in [0.4, 0.5) is 0 Å². The maximum atomic E-state index is 13.8. The van der Waals surface area contributed by atoms with Crippen LogP contribution in [0.5, 0.6) is 0 Å². The maximum absolute atomic E-state index is 13.8. The van der Waals surface area contributed by atoms with E-state index in [2.05, 4.69) is 29.1 Å². The fourth-order valence-electron chi connectivity index (χ4n) is 5.22. The fraction of sp³-hybridized carbons (Fsp3) is 0.682. The Hall–Kier alpha value is -1.32. The largest absolute Gasteiger partial charge is 0.465 e. The number of halogens is 1. The van der Waals surface area contributed by atoms with Gasteiger partial charge in [-0.2, -0.15) is 0 Å². The zero-order valence-corrected chi connectivity index (χ0v) is 20.4. The smallest absolute Gasteiger partial charge is 0.310 e. The minimum Gasteiger partial charge on any atom is -0.465 e. The van der Waals surface area contributed by atoms with Crippen LogP contribution >= 0.6 is 27.7 Å². The molecule has 3 unspecified atom stereocenters. The van der Waals surface area contributed by atoms with Crippen LogP contribution in [0.25, 0.3) is 0 Å². The van der Waals surface area contributed by atoms with Gasteiger partial charge in [-0.25, -0.2) is 0 Å². The number of esters is 1. The highest BCUT2D eigenvalue weighted by atomic mass is 79.9. The molecule has 1 spiro atoms. The lowest BCUT2D eigenvalue weighted by Crippen LogP contribution is -2.57. The SMILES string of the molecule is C=CCCOC(=O)[C@H]1[C@H]2C(=O)N(CCO)C(C(=O)N(CC=C)C(C)C)C23CC(Br)[C@@H]1S3. The molecule has 0 aromatic rings. The number of thioether (sulfide) groups is 1. The second-order valence-electron chi connectivity index (χ2n) is 8.54. The van der Waals surface area contributed by atoms with Crippen LogP contribution in [0.2, 0.25) is 0 Å². The van der Waals surface area contributed by atoms with Gasteiger partial charge in [0, 0.05) is 29.2 Å². The Labute approximate surface area is 196 Å². The molecule has 0 saturated carbocycles. The number of nitrogens with zero attached hydrogens (tertiary/aromatic N) is 2. The predicted molar refractivity (Wildman–Crippen MR) is 124 cm³/mol. The fourth-order valence-corrected chi connectivity index (χ4v) is 8.81. The zero-order chi connectivity index (χ0) is 22.9. The molecular weight excluding hydrogens is 484 g/mol. The van der Waals surface area contributed by atoms with Gasteiger partial charge in [0.15, 0.2) is 0 Å². The molecule has 0 aromatic carbocycles. The summed E-state index contributed by atoms with van der Waals surface area (Å²) in [5.74, 6) is -2.05. The Morgan fingerprint density at radius 3 is 2.71 bits per heavy atom. The third kappa shape index (κ3) is 3.97. The molecule has 2 amide bonds. The van der Waals surface area contributed by atoms with Crippen molar-refractivity contribution in [3.63, 3.8) is 0 Å². The average Bonchev–Trinajstić information content (AvgIpc) is 3.30. The monoisotopic (exact) mass is 514 g/mol. The maximum Gasteiger partial charge on any atom is 0.310 e. The summed E-state index contributed by atoms with van der Waals surface area (Å²) in [5.41, 5.74) is 0. The first-order valence-electron chi connectivity index (χ1n) is 10.7. The summed E-state index contributed by atoms with van der Waals surface area (Å²) < 4.78 is 4.74. The molecule has 9 heteroatoms. The van der Waals surface area contributed by atoms with E-state index in [4.69, 9.17) is 4.74 Å². The summed E-state index contributed by atoms with van der Waals surface area (Å²) in [6.07, 6.45) is 4.50. The van der Waals surface area contributed by atoms with Crippen molar-refractivity contribution in [2.45, 2.75) is 53.6 Å². The molecule has 3 heterocycles. The Morgan fingerprint density at radius 2 is 2.13 bits per heavy atom. The first-order chi connectivity index (χ1) is 14.7. The number of likely N-dealkylation sites (tertiary alicyclic amines) is 1. The summed E-state index contributed by atoms with van der Waals surface area (Å²) >= 11 is 5.27. The van der Waals surface area contributed by atoms with E-state index in [-0.39, 0.29) is 47.7 Å². The Bertz CT molecular complexity index is 762. The van der Waals surface area contributed by atoms with Crippen molar-refractivity contribution >= 4 is 45.5 Å². The van der Waals surface area contributed by atoms with Crippen LogP contribution < -0.4 is 0 Å². The number of carbonyl (C=O) groups is 3. The van der Waals surface area contributed by atoms with E-state index in [1.165, 1.54) is 4.90 Å². The summed E-state index contributed by atoms with van der Waals surface area (Å²) in [5, 5.41) is 9.51. The molecule has 7 nitrogen and oxygen atoms in total. The number of ether oxygens (including phenoxy) is 1. The first-order valence-corrected chi connectivity index (χ1v) is 12.5. The first kappa shape index (κ1) is 24.3. The van der Waals surface area contributed by atoms with Crippen LogP contribution in [-0.2, 0) is 19.1 Å². The lowest BCUT2D eigenvalue weighted by atomic mass is 9.71. The molecular formula is C22H31BrN2O5S. The molecule has 3 aliphatic rings. The van der Waals surface area contributed by atoms with Gasteiger partial charge in [0.05, 0.1) is 29.8 Å². The van der Waals surface area contributed by atoms with Crippen molar-refractivity contribution in [3.8, 4) is 0 Å². The molecule has 3 aliphatic heterocycles. The highest BCUT2D eigenvalue weighted by molar-refractivity contribution is 9.09. The van der Waals surface area contributed by atoms with Crippen molar-refractivity contribution in [1.82, 2.24) is 9.80 Å². The van der Waals surface area contributed by atoms with Gasteiger partial charge in [0.2, 0.25) is 11.8 Å². The molecule has 3 fully saturated rings. The van der Waals surface area contributed by atoms with E-state index < -0.39 is 28.6 Å². The van der Waals surface area contributed by atoms with Gasteiger partial charge < -0.3 is 19.6 Å². The topological polar surface area (TPSA) is 87.1 Å². The van der Waals surface area contributed by atoms with E-state index in [0.717, 1.165) is 0 Å². The molecule has 31 heavy (non-hydrogen) atoms. The molecule has 3 saturated heterocycles. The summed E-state index contributed by atoms with van der Waals surface area (Å²) in [6.45, 7) is 11.7. The van der Waals surface area contributed by atoms with Gasteiger partial charge in [-0.05, 0) is 26.7 Å². The van der Waals surface area contributed by atoms with Crippen molar-refractivity contribution in [3.05, 3.63) is 25.3 Å². The number of aliphatic hydroxyl groups is 1. The Morgan fingerprint density at radius 1 is 1.42 bits per heavy atom. The molecule has 2 bridgehead atoms. The van der Waals surface area contributed by atoms with Crippen molar-refractivity contribution < 1.29 is 24.2 Å². The standard InChI is InChI=1S/C22H31BrN2O5S/c1-5-7-11-30-21(29)15-16-19(27)25(9-10-26)18(20(28)24(8-6-2)13(3)4)22(16)12-14(23)17(15)31-22/h5-6,13-18,26H,1-2,7-12H2,3-4H3/t14?,15-,16-,17-,18?,22?/m0/s1. The third-order valence-corrected chi connectivity index (χ3v) is 9.65. The van der Waals surface area contributed by atoms with Gasteiger partial charge in [-0.15, -0.1) is 24.9 Å². The highest BCUT2D eigenvalue weighted by Crippen LogP contribution is 2.68. The van der Waals surface area contributed by atoms with Crippen LogP contribution in [0.15, 0.2) is 25.3 Å². The lowest BCUT2D eigenvalue weighted by Gasteiger charge is -2.38. The van der Waals surface area contributed by atoms with Crippen LogP contribution in [0.1, 0.15) is 26.7 Å². The van der Waals surface area contributed by atoms with Crippen molar-refractivity contribution in [1.29, 1.82) is 0 Å². The van der Waals surface area contributed by atoms with E-state index in [0.29, 0.717) is 19.4 Å². The summed E-state index contributed by atoms with van der Waals surface area (Å²) in [6, 6.07) is -0.810. The molecule has 3 rings (SSSR count). The molecule has 172 valence electrons. The van der Waals surface area contributed by atoms with Crippen molar-refractivity contribution in [2.24, 2.45) is 11.8 Å². The number of hydrogen-bond donors (Lipinski definition) is 1. The van der Waals surface area contributed by atoms with Crippen LogP contribution in [0.3, 0.4) is 0 Å². The third-order valence-electron chi connectivity index (χ3n) is 6.43. The van der Waals surface area contributed by atoms with Gasteiger partial charge in [0.1, 0.15) is 6.04 Å². The molecule has 0 aromatic heterocycles. The molecule has 0 aliphatic carbocycles.